The van der Waals surface area contributed by atoms with Crippen LogP contribution < -0.4 is 5.56 Å². The topological polar surface area (TPSA) is 22.0 Å². The van der Waals surface area contributed by atoms with Gasteiger partial charge in [-0.2, -0.15) is 0 Å². The van der Waals surface area contributed by atoms with E-state index in [-0.39, 0.29) is 17.1 Å². The molecule has 1 aromatic heterocycles. The van der Waals surface area contributed by atoms with Gasteiger partial charge in [-0.1, -0.05) is 23.7 Å². The van der Waals surface area contributed by atoms with Gasteiger partial charge in [0.15, 0.2) is 0 Å². The molecule has 17 heavy (non-hydrogen) atoms. The molecule has 1 aromatic carbocycles. The lowest BCUT2D eigenvalue weighted by Gasteiger charge is -2.08. The van der Waals surface area contributed by atoms with Gasteiger partial charge < -0.3 is 4.57 Å². The summed E-state index contributed by atoms with van der Waals surface area (Å²) >= 11 is 7.96. The maximum absolute atomic E-state index is 13.2. The van der Waals surface area contributed by atoms with Crippen LogP contribution in [-0.2, 0) is 6.54 Å². The molecule has 0 atom stereocenters. The zero-order valence-electron chi connectivity index (χ0n) is 8.66. The van der Waals surface area contributed by atoms with E-state index in [1.165, 1.54) is 16.7 Å². The number of nitrogens with zero attached hydrogens (tertiary/aromatic N) is 1. The first-order valence-electron chi connectivity index (χ1n) is 4.87. The minimum atomic E-state index is -0.470. The van der Waals surface area contributed by atoms with Crippen molar-refractivity contribution in [2.75, 3.05) is 0 Å². The van der Waals surface area contributed by atoms with E-state index in [1.807, 2.05) is 0 Å². The van der Waals surface area contributed by atoms with Gasteiger partial charge in [0.25, 0.3) is 5.56 Å². The summed E-state index contributed by atoms with van der Waals surface area (Å²) in [5.74, 6) is -0.470. The number of hydrogen-bond donors (Lipinski definition) is 0. The Morgan fingerprint density at radius 2 is 2.06 bits per heavy atom. The van der Waals surface area contributed by atoms with E-state index in [0.29, 0.717) is 5.56 Å². The fraction of sp³-hybridized carbons (Fsp3) is 0.0833. The Labute approximate surface area is 116 Å². The van der Waals surface area contributed by atoms with Crippen LogP contribution in [0.2, 0.25) is 5.02 Å². The molecule has 2 rings (SSSR count). The third-order valence-electron chi connectivity index (χ3n) is 2.32. The molecule has 5 heteroatoms. The van der Waals surface area contributed by atoms with Crippen molar-refractivity contribution in [1.29, 1.82) is 0 Å². The molecule has 0 unspecified atom stereocenters. The van der Waals surface area contributed by atoms with Crippen molar-refractivity contribution in [2.45, 2.75) is 6.54 Å². The lowest BCUT2D eigenvalue weighted by Crippen LogP contribution is -2.19. The monoisotopic (exact) mass is 363 g/mol. The smallest absolute Gasteiger partial charge is 0.250 e. The van der Waals surface area contributed by atoms with Gasteiger partial charge in [-0.05, 0) is 40.3 Å². The summed E-state index contributed by atoms with van der Waals surface area (Å²) in [4.78, 5) is 11.6. The van der Waals surface area contributed by atoms with Crippen LogP contribution in [-0.4, -0.2) is 4.57 Å². The third-order valence-corrected chi connectivity index (χ3v) is 3.38. The molecule has 0 aliphatic heterocycles. The SMILES string of the molecule is O=c1ccc(I)cn1Cc1cccc(F)c1Cl. The van der Waals surface area contributed by atoms with E-state index < -0.39 is 5.82 Å². The van der Waals surface area contributed by atoms with Gasteiger partial charge in [0.1, 0.15) is 5.82 Å². The van der Waals surface area contributed by atoms with Crippen molar-refractivity contribution >= 4 is 34.2 Å². The van der Waals surface area contributed by atoms with Gasteiger partial charge in [-0.3, -0.25) is 4.79 Å². The van der Waals surface area contributed by atoms with E-state index in [0.717, 1.165) is 3.57 Å². The summed E-state index contributed by atoms with van der Waals surface area (Å²) in [7, 11) is 0. The predicted octanol–water partition coefficient (Wildman–Crippen LogP) is 3.29. The summed E-state index contributed by atoms with van der Waals surface area (Å²) in [6, 6.07) is 7.79. The van der Waals surface area contributed by atoms with Gasteiger partial charge in [0.2, 0.25) is 0 Å². The molecule has 0 spiro atoms. The first kappa shape index (κ1) is 12.6. The lowest BCUT2D eigenvalue weighted by atomic mass is 10.2. The Morgan fingerprint density at radius 1 is 1.29 bits per heavy atom. The number of halogens is 3. The van der Waals surface area contributed by atoms with Gasteiger partial charge >= 0.3 is 0 Å². The van der Waals surface area contributed by atoms with Crippen LogP contribution in [0.25, 0.3) is 0 Å². The van der Waals surface area contributed by atoms with Gasteiger partial charge in [-0.25, -0.2) is 4.39 Å². The summed E-state index contributed by atoms with van der Waals surface area (Å²) in [6.45, 7) is 0.270. The first-order valence-corrected chi connectivity index (χ1v) is 6.32. The van der Waals surface area contributed by atoms with Crippen molar-refractivity contribution in [3.05, 3.63) is 66.9 Å². The second-order valence-electron chi connectivity index (χ2n) is 3.53. The van der Waals surface area contributed by atoms with Gasteiger partial charge in [0, 0.05) is 15.8 Å². The Balaban J connectivity index is 2.41. The van der Waals surface area contributed by atoms with Crippen LogP contribution >= 0.6 is 34.2 Å². The number of benzene rings is 1. The molecular formula is C12H8ClFINO. The van der Waals surface area contributed by atoms with Crippen molar-refractivity contribution < 1.29 is 4.39 Å². The average Bonchev–Trinajstić information content (AvgIpc) is 2.30. The molecule has 0 N–H and O–H groups in total. The Bertz CT molecular complexity index is 612. The van der Waals surface area contributed by atoms with Crippen LogP contribution in [0.5, 0.6) is 0 Å². The molecule has 0 bridgehead atoms. The summed E-state index contributed by atoms with van der Waals surface area (Å²) in [6.07, 6.45) is 1.71. The number of pyridine rings is 1. The van der Waals surface area contributed by atoms with Gasteiger partial charge in [0.05, 0.1) is 11.6 Å². The van der Waals surface area contributed by atoms with E-state index in [1.54, 1.807) is 24.4 Å². The molecule has 0 saturated heterocycles. The molecule has 0 fully saturated rings. The van der Waals surface area contributed by atoms with Crippen molar-refractivity contribution in [3.8, 4) is 0 Å². The van der Waals surface area contributed by atoms with Crippen LogP contribution in [0.3, 0.4) is 0 Å². The summed E-state index contributed by atoms with van der Waals surface area (Å²) in [5, 5.41) is 0.0678. The molecule has 0 aliphatic rings. The van der Waals surface area contributed by atoms with Crippen molar-refractivity contribution in [3.63, 3.8) is 0 Å². The molecule has 2 aromatic rings. The second kappa shape index (κ2) is 5.18. The predicted molar refractivity (Wildman–Crippen MR) is 73.9 cm³/mol. The molecule has 0 aliphatic carbocycles. The summed E-state index contributed by atoms with van der Waals surface area (Å²) in [5.41, 5.74) is 0.460. The Morgan fingerprint density at radius 3 is 2.82 bits per heavy atom. The second-order valence-corrected chi connectivity index (χ2v) is 5.15. The third kappa shape index (κ3) is 2.87. The highest BCUT2D eigenvalue weighted by Crippen LogP contribution is 2.20. The number of aromatic nitrogens is 1. The van der Waals surface area contributed by atoms with Gasteiger partial charge in [-0.15, -0.1) is 0 Å². The maximum atomic E-state index is 13.2. The number of rotatable bonds is 2. The largest absolute Gasteiger partial charge is 0.310 e. The molecule has 1 heterocycles. The molecule has 2 nitrogen and oxygen atoms in total. The zero-order valence-corrected chi connectivity index (χ0v) is 11.6. The zero-order chi connectivity index (χ0) is 12.4. The fourth-order valence-electron chi connectivity index (χ4n) is 1.48. The van der Waals surface area contributed by atoms with E-state index in [2.05, 4.69) is 22.6 Å². The Kier molecular flexibility index (Phi) is 3.83. The van der Waals surface area contributed by atoms with Crippen LogP contribution in [0, 0.1) is 9.39 Å². The highest BCUT2D eigenvalue weighted by Gasteiger charge is 2.07. The van der Waals surface area contributed by atoms with Crippen LogP contribution in [0.4, 0.5) is 4.39 Å². The first-order chi connectivity index (χ1) is 8.08. The normalized spacial score (nSPS) is 10.5. The fourth-order valence-corrected chi connectivity index (χ4v) is 2.18. The highest BCUT2D eigenvalue weighted by molar-refractivity contribution is 14.1. The molecular weight excluding hydrogens is 355 g/mol. The van der Waals surface area contributed by atoms with E-state index in [9.17, 15) is 9.18 Å². The number of hydrogen-bond acceptors (Lipinski definition) is 1. The summed E-state index contributed by atoms with van der Waals surface area (Å²) < 4.78 is 15.7. The Hall–Kier alpha value is -0.880. The minimum Gasteiger partial charge on any atom is -0.310 e. The molecule has 0 saturated carbocycles. The molecule has 0 radical (unpaired) electrons. The van der Waals surface area contributed by atoms with E-state index >= 15 is 0 Å². The van der Waals surface area contributed by atoms with Crippen molar-refractivity contribution in [1.82, 2.24) is 4.57 Å². The van der Waals surface area contributed by atoms with Crippen LogP contribution in [0.15, 0.2) is 41.3 Å². The van der Waals surface area contributed by atoms with E-state index in [4.69, 9.17) is 11.6 Å². The molecule has 0 amide bonds. The molecule has 88 valence electrons. The average molecular weight is 364 g/mol. The maximum Gasteiger partial charge on any atom is 0.250 e. The van der Waals surface area contributed by atoms with Crippen molar-refractivity contribution in [2.24, 2.45) is 0 Å². The standard InChI is InChI=1S/C12H8ClFINO/c13-12-8(2-1-3-10(12)14)6-16-7-9(15)4-5-11(16)17/h1-5,7H,6H2. The highest BCUT2D eigenvalue weighted by atomic mass is 127. The minimum absolute atomic E-state index is 0.0678. The van der Waals surface area contributed by atoms with Crippen LogP contribution in [0.1, 0.15) is 5.56 Å². The lowest BCUT2D eigenvalue weighted by molar-refractivity contribution is 0.623. The quantitative estimate of drug-likeness (QED) is 0.751.